The highest BCUT2D eigenvalue weighted by atomic mass is 19.1. The van der Waals surface area contributed by atoms with Crippen LogP contribution in [0.5, 0.6) is 0 Å². The molecule has 5 nitrogen and oxygen atoms in total. The molecule has 2 amide bonds. The molecule has 0 aliphatic heterocycles. The third-order valence-corrected chi connectivity index (χ3v) is 2.56. The average Bonchev–Trinajstić information content (AvgIpc) is 2.51. The van der Waals surface area contributed by atoms with Crippen LogP contribution in [0.1, 0.15) is 5.56 Å². The van der Waals surface area contributed by atoms with Gasteiger partial charge in [0.1, 0.15) is 11.6 Å². The molecule has 0 aliphatic rings. The summed E-state index contributed by atoms with van der Waals surface area (Å²) in [4.78, 5) is 23.0. The number of hydrazone groups is 1. The monoisotopic (exact) mass is 303 g/mol. The number of benzene rings is 2. The second-order valence-corrected chi connectivity index (χ2v) is 4.21. The Labute approximate surface area is 124 Å². The molecule has 0 atom stereocenters. The Morgan fingerprint density at radius 3 is 2.00 bits per heavy atom. The Kier molecular flexibility index (Phi) is 4.92. The maximum atomic E-state index is 12.7. The maximum absolute atomic E-state index is 12.7. The highest BCUT2D eigenvalue weighted by Gasteiger charge is 2.12. The number of carbonyl (C=O) groups excluding carboxylic acids is 2. The van der Waals surface area contributed by atoms with Crippen molar-refractivity contribution in [3.8, 4) is 0 Å². The first kappa shape index (κ1) is 15.3. The van der Waals surface area contributed by atoms with Gasteiger partial charge in [0.05, 0.1) is 6.21 Å². The summed E-state index contributed by atoms with van der Waals surface area (Å²) in [6.07, 6.45) is 1.27. The zero-order chi connectivity index (χ0) is 15.9. The Hall–Kier alpha value is -3.09. The lowest BCUT2D eigenvalue weighted by molar-refractivity contribution is -0.136. The van der Waals surface area contributed by atoms with Gasteiger partial charge in [-0.25, -0.2) is 14.2 Å². The van der Waals surface area contributed by atoms with Crippen molar-refractivity contribution in [1.29, 1.82) is 0 Å². The summed E-state index contributed by atoms with van der Waals surface area (Å²) >= 11 is 0. The minimum Gasteiger partial charge on any atom is -0.318 e. The van der Waals surface area contributed by atoms with Gasteiger partial charge in [0.15, 0.2) is 0 Å². The molecule has 112 valence electrons. The van der Waals surface area contributed by atoms with E-state index in [0.29, 0.717) is 5.56 Å². The molecule has 2 aromatic rings. The Morgan fingerprint density at radius 2 is 1.41 bits per heavy atom. The quantitative estimate of drug-likeness (QED) is 0.517. The van der Waals surface area contributed by atoms with Crippen molar-refractivity contribution < 1.29 is 18.4 Å². The molecule has 0 saturated heterocycles. The topological polar surface area (TPSA) is 70.6 Å². The summed E-state index contributed by atoms with van der Waals surface area (Å²) in [6.45, 7) is 0. The number of carbonyl (C=O) groups is 2. The fraction of sp³-hybridized carbons (Fsp3) is 0. The SMILES string of the molecule is O=C(NN=Cc1ccc(F)cc1)C(=O)Nc1ccc(F)cc1. The lowest BCUT2D eigenvalue weighted by Gasteiger charge is -2.03. The fourth-order valence-corrected chi connectivity index (χ4v) is 1.49. The molecule has 0 unspecified atom stereocenters. The number of rotatable bonds is 3. The van der Waals surface area contributed by atoms with Crippen LogP contribution in [0.2, 0.25) is 0 Å². The summed E-state index contributed by atoms with van der Waals surface area (Å²) in [6, 6.07) is 10.4. The molecule has 7 heteroatoms. The van der Waals surface area contributed by atoms with Gasteiger partial charge in [0, 0.05) is 5.69 Å². The first-order valence-electron chi connectivity index (χ1n) is 6.20. The molecule has 0 spiro atoms. The average molecular weight is 303 g/mol. The summed E-state index contributed by atoms with van der Waals surface area (Å²) in [5, 5.41) is 5.86. The molecule has 0 heterocycles. The third kappa shape index (κ3) is 4.48. The van der Waals surface area contributed by atoms with Crippen LogP contribution in [-0.2, 0) is 9.59 Å². The lowest BCUT2D eigenvalue weighted by atomic mass is 10.2. The molecule has 0 aliphatic carbocycles. The first-order valence-corrected chi connectivity index (χ1v) is 6.20. The van der Waals surface area contributed by atoms with Gasteiger partial charge in [-0.15, -0.1) is 0 Å². The number of anilines is 1. The Morgan fingerprint density at radius 1 is 0.864 bits per heavy atom. The van der Waals surface area contributed by atoms with Crippen molar-refractivity contribution >= 4 is 23.7 Å². The lowest BCUT2D eigenvalue weighted by Crippen LogP contribution is -2.32. The molecule has 0 fully saturated rings. The van der Waals surface area contributed by atoms with E-state index in [1.165, 1.54) is 42.6 Å². The fourth-order valence-electron chi connectivity index (χ4n) is 1.49. The second-order valence-electron chi connectivity index (χ2n) is 4.21. The van der Waals surface area contributed by atoms with Gasteiger partial charge >= 0.3 is 11.8 Å². The minimum atomic E-state index is -0.984. The van der Waals surface area contributed by atoms with Crippen LogP contribution >= 0.6 is 0 Å². The van der Waals surface area contributed by atoms with E-state index < -0.39 is 17.6 Å². The molecule has 0 bridgehead atoms. The van der Waals surface area contributed by atoms with E-state index in [4.69, 9.17) is 0 Å². The molecule has 2 rings (SSSR count). The van der Waals surface area contributed by atoms with E-state index in [1.807, 2.05) is 5.43 Å². The summed E-state index contributed by atoms with van der Waals surface area (Å²) in [7, 11) is 0. The second kappa shape index (κ2) is 7.07. The molecule has 2 aromatic carbocycles. The van der Waals surface area contributed by atoms with E-state index in [9.17, 15) is 18.4 Å². The Balaban J connectivity index is 1.87. The predicted octanol–water partition coefficient (Wildman–Crippen LogP) is 2.05. The van der Waals surface area contributed by atoms with Crippen molar-refractivity contribution in [1.82, 2.24) is 5.43 Å². The number of nitrogens with zero attached hydrogens (tertiary/aromatic N) is 1. The molecule has 0 saturated carbocycles. The number of halogens is 2. The van der Waals surface area contributed by atoms with Crippen LogP contribution in [0.25, 0.3) is 0 Å². The van der Waals surface area contributed by atoms with E-state index in [0.717, 1.165) is 12.1 Å². The number of amides is 2. The van der Waals surface area contributed by atoms with Crippen LogP contribution in [0.15, 0.2) is 53.6 Å². The van der Waals surface area contributed by atoms with Crippen LogP contribution in [0, 0.1) is 11.6 Å². The summed E-state index contributed by atoms with van der Waals surface area (Å²) < 4.78 is 25.4. The van der Waals surface area contributed by atoms with Crippen molar-refractivity contribution in [2.24, 2.45) is 5.10 Å². The van der Waals surface area contributed by atoms with E-state index in [-0.39, 0.29) is 11.5 Å². The normalized spacial score (nSPS) is 10.5. The van der Waals surface area contributed by atoms with Gasteiger partial charge < -0.3 is 5.32 Å². The van der Waals surface area contributed by atoms with E-state index in [2.05, 4.69) is 10.4 Å². The molecule has 0 radical (unpaired) electrons. The van der Waals surface area contributed by atoms with E-state index >= 15 is 0 Å². The zero-order valence-corrected chi connectivity index (χ0v) is 11.2. The van der Waals surface area contributed by atoms with Crippen molar-refractivity contribution in [2.45, 2.75) is 0 Å². The largest absolute Gasteiger partial charge is 0.329 e. The van der Waals surface area contributed by atoms with Crippen LogP contribution in [0.3, 0.4) is 0 Å². The number of hydrogen-bond acceptors (Lipinski definition) is 3. The van der Waals surface area contributed by atoms with Crippen LogP contribution < -0.4 is 10.7 Å². The molecule has 22 heavy (non-hydrogen) atoms. The molecule has 2 N–H and O–H groups in total. The first-order chi connectivity index (χ1) is 10.5. The zero-order valence-electron chi connectivity index (χ0n) is 11.2. The smallest absolute Gasteiger partial charge is 0.318 e. The van der Waals surface area contributed by atoms with Crippen molar-refractivity contribution in [2.75, 3.05) is 5.32 Å². The minimum absolute atomic E-state index is 0.282. The number of nitrogens with one attached hydrogen (secondary N) is 2. The maximum Gasteiger partial charge on any atom is 0.329 e. The van der Waals surface area contributed by atoms with Gasteiger partial charge in [0.25, 0.3) is 0 Å². The van der Waals surface area contributed by atoms with Crippen LogP contribution in [0.4, 0.5) is 14.5 Å². The predicted molar refractivity (Wildman–Crippen MR) is 77.2 cm³/mol. The van der Waals surface area contributed by atoms with Gasteiger partial charge in [-0.3, -0.25) is 9.59 Å². The van der Waals surface area contributed by atoms with Gasteiger partial charge in [-0.1, -0.05) is 12.1 Å². The van der Waals surface area contributed by atoms with Gasteiger partial charge in [-0.05, 0) is 42.0 Å². The van der Waals surface area contributed by atoms with Crippen molar-refractivity contribution in [3.05, 3.63) is 65.7 Å². The van der Waals surface area contributed by atoms with Gasteiger partial charge in [-0.2, -0.15) is 5.10 Å². The highest BCUT2D eigenvalue weighted by Crippen LogP contribution is 2.07. The third-order valence-electron chi connectivity index (χ3n) is 2.56. The molecular weight excluding hydrogens is 292 g/mol. The number of hydrogen-bond donors (Lipinski definition) is 2. The van der Waals surface area contributed by atoms with Crippen LogP contribution in [-0.4, -0.2) is 18.0 Å². The van der Waals surface area contributed by atoms with E-state index in [1.54, 1.807) is 0 Å². The van der Waals surface area contributed by atoms with Gasteiger partial charge in [0.2, 0.25) is 0 Å². The summed E-state index contributed by atoms with van der Waals surface area (Å²) in [5.74, 6) is -2.77. The molecular formula is C15H11F2N3O2. The standard InChI is InChI=1S/C15H11F2N3O2/c16-11-3-1-10(2-4-11)9-18-20-15(22)14(21)19-13-7-5-12(17)6-8-13/h1-9H,(H,19,21)(H,20,22). The Bertz CT molecular complexity index is 698. The molecule has 0 aromatic heterocycles. The highest BCUT2D eigenvalue weighted by molar-refractivity contribution is 6.39. The summed E-state index contributed by atoms with van der Waals surface area (Å²) in [5.41, 5.74) is 2.87. The van der Waals surface area contributed by atoms with Crippen molar-refractivity contribution in [3.63, 3.8) is 0 Å².